The van der Waals surface area contributed by atoms with E-state index < -0.39 is 12.1 Å². The van der Waals surface area contributed by atoms with Crippen LogP contribution in [0.3, 0.4) is 0 Å². The van der Waals surface area contributed by atoms with Gasteiger partial charge in [-0.1, -0.05) is 23.4 Å². The van der Waals surface area contributed by atoms with Crippen LogP contribution in [0.1, 0.15) is 40.7 Å². The fourth-order valence-electron chi connectivity index (χ4n) is 2.77. The van der Waals surface area contributed by atoms with Crippen molar-refractivity contribution in [1.29, 1.82) is 0 Å². The molecule has 0 amide bonds. The van der Waals surface area contributed by atoms with Crippen molar-refractivity contribution in [2.24, 2.45) is 0 Å². The van der Waals surface area contributed by atoms with E-state index in [-0.39, 0.29) is 23.2 Å². The Morgan fingerprint density at radius 3 is 2.79 bits per heavy atom. The van der Waals surface area contributed by atoms with E-state index >= 15 is 0 Å². The van der Waals surface area contributed by atoms with Crippen LogP contribution in [-0.4, -0.2) is 25.5 Å². The number of halogens is 1. The summed E-state index contributed by atoms with van der Waals surface area (Å²) in [7, 11) is 0. The number of fused-ring (bicyclic) bond motifs is 1. The first kappa shape index (κ1) is 17.8. The van der Waals surface area contributed by atoms with Crippen molar-refractivity contribution in [1.82, 2.24) is 19.5 Å². The molecule has 0 aliphatic heterocycles. The van der Waals surface area contributed by atoms with Crippen LogP contribution in [0.2, 0.25) is 0 Å². The number of hydrogen-bond donors (Lipinski definition) is 0. The van der Waals surface area contributed by atoms with Crippen LogP contribution in [0, 0.1) is 19.7 Å². The highest BCUT2D eigenvalue weighted by Gasteiger charge is 2.22. The Hall–Kier alpha value is -3.55. The zero-order chi connectivity index (χ0) is 19.8. The lowest BCUT2D eigenvalue weighted by atomic mass is 10.1. The van der Waals surface area contributed by atoms with E-state index in [4.69, 9.17) is 9.26 Å². The van der Waals surface area contributed by atoms with Crippen molar-refractivity contribution in [3.05, 3.63) is 71.3 Å². The highest BCUT2D eigenvalue weighted by Crippen LogP contribution is 2.23. The summed E-state index contributed by atoms with van der Waals surface area (Å²) in [5.41, 5.74) is 2.79. The molecule has 0 N–H and O–H groups in total. The Bertz CT molecular complexity index is 1180. The maximum atomic E-state index is 13.7. The van der Waals surface area contributed by atoms with Crippen LogP contribution in [0.5, 0.6) is 0 Å². The molecule has 3 aromatic heterocycles. The summed E-state index contributed by atoms with van der Waals surface area (Å²) < 4.78 is 26.1. The largest absolute Gasteiger partial charge is 0.448 e. The smallest absolute Gasteiger partial charge is 0.359 e. The van der Waals surface area contributed by atoms with Gasteiger partial charge in [0.05, 0.1) is 0 Å². The maximum absolute atomic E-state index is 13.7. The standard InChI is InChI=1S/C20H17FN4O3/c1-11-7-8-14(9-15(11)21)18-23-19(28-24-18)13(3)27-20(26)16-10-25-12(2)5-4-6-17(25)22-16/h4-10,13H,1-3H3. The first-order valence-electron chi connectivity index (χ1n) is 8.68. The van der Waals surface area contributed by atoms with Gasteiger partial charge < -0.3 is 13.7 Å². The topological polar surface area (TPSA) is 82.5 Å². The minimum absolute atomic E-state index is 0.115. The van der Waals surface area contributed by atoms with E-state index in [1.165, 1.54) is 6.07 Å². The van der Waals surface area contributed by atoms with Gasteiger partial charge in [0, 0.05) is 17.5 Å². The first-order valence-corrected chi connectivity index (χ1v) is 8.68. The summed E-state index contributed by atoms with van der Waals surface area (Å²) in [6.07, 6.45) is 0.837. The minimum Gasteiger partial charge on any atom is -0.448 e. The molecule has 4 aromatic rings. The van der Waals surface area contributed by atoms with Crippen molar-refractivity contribution >= 4 is 11.6 Å². The van der Waals surface area contributed by atoms with E-state index in [1.807, 2.05) is 19.1 Å². The molecule has 0 aliphatic carbocycles. The van der Waals surface area contributed by atoms with Gasteiger partial charge in [0.15, 0.2) is 11.8 Å². The van der Waals surface area contributed by atoms with Gasteiger partial charge in [-0.2, -0.15) is 4.98 Å². The molecule has 1 aromatic carbocycles. The molecular formula is C20H17FN4O3. The van der Waals surface area contributed by atoms with Crippen LogP contribution in [-0.2, 0) is 4.74 Å². The molecule has 4 rings (SSSR count). The second kappa shape index (κ2) is 6.88. The lowest BCUT2D eigenvalue weighted by Crippen LogP contribution is -2.10. The Morgan fingerprint density at radius 2 is 2.04 bits per heavy atom. The van der Waals surface area contributed by atoms with Crippen LogP contribution in [0.4, 0.5) is 4.39 Å². The second-order valence-corrected chi connectivity index (χ2v) is 6.49. The summed E-state index contributed by atoms with van der Waals surface area (Å²) >= 11 is 0. The molecule has 7 nitrogen and oxygen atoms in total. The zero-order valence-electron chi connectivity index (χ0n) is 15.5. The predicted molar refractivity (Wildman–Crippen MR) is 98.2 cm³/mol. The molecule has 1 atom stereocenters. The van der Waals surface area contributed by atoms with Crippen molar-refractivity contribution in [3.8, 4) is 11.4 Å². The third kappa shape index (κ3) is 3.24. The molecule has 0 spiro atoms. The molecule has 0 radical (unpaired) electrons. The minimum atomic E-state index is -0.782. The van der Waals surface area contributed by atoms with E-state index in [0.717, 1.165) is 5.69 Å². The summed E-state index contributed by atoms with van der Waals surface area (Å²) in [6, 6.07) is 10.2. The fourth-order valence-corrected chi connectivity index (χ4v) is 2.77. The highest BCUT2D eigenvalue weighted by atomic mass is 19.1. The number of rotatable bonds is 4. The number of esters is 1. The first-order chi connectivity index (χ1) is 13.4. The van der Waals surface area contributed by atoms with Gasteiger partial charge in [-0.15, -0.1) is 0 Å². The predicted octanol–water partition coefficient (Wildman–Crippen LogP) is 4.06. The normalized spacial score (nSPS) is 12.3. The number of carbonyl (C=O) groups is 1. The van der Waals surface area contributed by atoms with Crippen LogP contribution < -0.4 is 0 Å². The molecule has 3 heterocycles. The number of imidazole rings is 1. The Balaban J connectivity index is 1.52. The lowest BCUT2D eigenvalue weighted by Gasteiger charge is -2.07. The van der Waals surface area contributed by atoms with E-state index in [0.29, 0.717) is 16.8 Å². The van der Waals surface area contributed by atoms with Gasteiger partial charge in [-0.3, -0.25) is 0 Å². The van der Waals surface area contributed by atoms with Crippen LogP contribution in [0.25, 0.3) is 17.0 Å². The molecule has 0 saturated carbocycles. The van der Waals surface area contributed by atoms with Crippen molar-refractivity contribution < 1.29 is 18.4 Å². The molecule has 28 heavy (non-hydrogen) atoms. The average Bonchev–Trinajstić information content (AvgIpc) is 3.32. The summed E-state index contributed by atoms with van der Waals surface area (Å²) in [6.45, 7) is 5.20. The van der Waals surface area contributed by atoms with Crippen molar-refractivity contribution in [2.75, 3.05) is 0 Å². The summed E-state index contributed by atoms with van der Waals surface area (Å²) in [5.74, 6) is -0.619. The molecular weight excluding hydrogens is 363 g/mol. The quantitative estimate of drug-likeness (QED) is 0.497. The second-order valence-electron chi connectivity index (χ2n) is 6.49. The number of carbonyl (C=O) groups excluding carboxylic acids is 1. The van der Waals surface area contributed by atoms with E-state index in [9.17, 15) is 9.18 Å². The van der Waals surface area contributed by atoms with Gasteiger partial charge in [0.25, 0.3) is 5.89 Å². The molecule has 0 aliphatic rings. The van der Waals surface area contributed by atoms with Gasteiger partial charge >= 0.3 is 5.97 Å². The Kier molecular flexibility index (Phi) is 4.38. The molecule has 0 saturated heterocycles. The Morgan fingerprint density at radius 1 is 1.21 bits per heavy atom. The average molecular weight is 380 g/mol. The molecule has 142 valence electrons. The van der Waals surface area contributed by atoms with Gasteiger partial charge in [-0.25, -0.2) is 14.2 Å². The number of aryl methyl sites for hydroxylation is 2. The third-order valence-electron chi connectivity index (χ3n) is 4.41. The van der Waals surface area contributed by atoms with Crippen LogP contribution >= 0.6 is 0 Å². The van der Waals surface area contributed by atoms with E-state index in [2.05, 4.69) is 15.1 Å². The fraction of sp³-hybridized carbons (Fsp3) is 0.200. The number of hydrogen-bond acceptors (Lipinski definition) is 6. The zero-order valence-corrected chi connectivity index (χ0v) is 15.5. The van der Waals surface area contributed by atoms with Crippen molar-refractivity contribution in [2.45, 2.75) is 26.9 Å². The highest BCUT2D eigenvalue weighted by molar-refractivity contribution is 5.88. The van der Waals surface area contributed by atoms with Gasteiger partial charge in [-0.05, 0) is 44.5 Å². The summed E-state index contributed by atoms with van der Waals surface area (Å²) in [5, 5.41) is 3.84. The monoisotopic (exact) mass is 380 g/mol. The van der Waals surface area contributed by atoms with Crippen molar-refractivity contribution in [3.63, 3.8) is 0 Å². The van der Waals surface area contributed by atoms with Gasteiger partial charge in [0.1, 0.15) is 11.5 Å². The van der Waals surface area contributed by atoms with Crippen LogP contribution in [0.15, 0.2) is 47.1 Å². The SMILES string of the molecule is Cc1ccc(-c2noc(C(C)OC(=O)c3cn4c(C)cccc4n3)n2)cc1F. The van der Waals surface area contributed by atoms with Gasteiger partial charge in [0.2, 0.25) is 5.82 Å². The molecule has 8 heteroatoms. The third-order valence-corrected chi connectivity index (χ3v) is 4.41. The lowest BCUT2D eigenvalue weighted by molar-refractivity contribution is 0.0259. The molecule has 0 fully saturated rings. The number of pyridine rings is 1. The number of aromatic nitrogens is 4. The number of benzene rings is 1. The molecule has 1 unspecified atom stereocenters. The maximum Gasteiger partial charge on any atom is 0.359 e. The Labute approximate surface area is 159 Å². The number of nitrogens with zero attached hydrogens (tertiary/aromatic N) is 4. The molecule has 0 bridgehead atoms. The number of ether oxygens (including phenoxy) is 1. The summed E-state index contributed by atoms with van der Waals surface area (Å²) in [4.78, 5) is 20.9. The van der Waals surface area contributed by atoms with E-state index in [1.54, 1.807) is 42.6 Å².